The van der Waals surface area contributed by atoms with Gasteiger partial charge in [0.25, 0.3) is 11.8 Å². The number of amides is 2. The zero-order chi connectivity index (χ0) is 21.1. The highest BCUT2D eigenvalue weighted by Crippen LogP contribution is 2.52. The summed E-state index contributed by atoms with van der Waals surface area (Å²) in [7, 11) is 0. The summed E-state index contributed by atoms with van der Waals surface area (Å²) in [6.07, 6.45) is 8.73. The minimum atomic E-state index is -0.235. The topological polar surface area (TPSA) is 54.7 Å². The van der Waals surface area contributed by atoms with Gasteiger partial charge >= 0.3 is 0 Å². The average molecular weight is 430 g/mol. The molecule has 5 nitrogen and oxygen atoms in total. The van der Waals surface area contributed by atoms with Crippen molar-refractivity contribution in [3.8, 4) is 0 Å². The number of nitrogens with zero attached hydrogens (tertiary/aromatic N) is 3. The molecule has 6 heteroatoms. The first-order valence-electron chi connectivity index (χ1n) is 10.5. The normalized spacial score (nSPS) is 26.7. The van der Waals surface area contributed by atoms with Crippen LogP contribution in [0.5, 0.6) is 0 Å². The molecule has 1 aromatic heterocycles. The molecule has 0 N–H and O–H groups in total. The Labute approximate surface area is 184 Å². The van der Waals surface area contributed by atoms with Crippen LogP contribution in [0.1, 0.15) is 17.5 Å². The van der Waals surface area contributed by atoms with Crippen LogP contribution in [-0.2, 0) is 16.1 Å². The van der Waals surface area contributed by atoms with Crippen LogP contribution in [0, 0.1) is 23.7 Å². The van der Waals surface area contributed by atoms with E-state index in [1.165, 1.54) is 0 Å². The molecule has 1 saturated heterocycles. The van der Waals surface area contributed by atoms with Crippen molar-refractivity contribution in [3.63, 3.8) is 0 Å². The molecule has 3 aromatic rings. The number of halogens is 1. The van der Waals surface area contributed by atoms with Crippen molar-refractivity contribution in [3.05, 3.63) is 83.0 Å². The fourth-order valence-electron chi connectivity index (χ4n) is 5.44. The molecule has 0 unspecified atom stereocenters. The van der Waals surface area contributed by atoms with Gasteiger partial charge in [0, 0.05) is 34.2 Å². The standard InChI is InChI=1S/C25H20ClN3O2/c26-20-7-3-1-5-17(20)13-28-14-18(19-6-2-4-8-21(19)28)12-27-29-24(30)22-15-9-10-16(11-15)23(22)25(29)31/h1-10,12,14-16,22-23H,11,13H2/b27-12-/t15-,16-,22-,23-/m0/s1. The molecule has 6 rings (SSSR count). The Kier molecular flexibility index (Phi) is 4.15. The Balaban J connectivity index is 1.33. The predicted molar refractivity (Wildman–Crippen MR) is 120 cm³/mol. The molecule has 0 radical (unpaired) electrons. The van der Waals surface area contributed by atoms with Gasteiger partial charge in [-0.05, 0) is 36.0 Å². The van der Waals surface area contributed by atoms with Gasteiger partial charge in [0.2, 0.25) is 0 Å². The van der Waals surface area contributed by atoms with Gasteiger partial charge < -0.3 is 4.57 Å². The van der Waals surface area contributed by atoms with E-state index in [9.17, 15) is 9.59 Å². The lowest BCUT2D eigenvalue weighted by molar-refractivity contribution is -0.140. The van der Waals surface area contributed by atoms with Crippen LogP contribution in [-0.4, -0.2) is 27.6 Å². The molecule has 31 heavy (non-hydrogen) atoms. The molecule has 2 amide bonds. The first-order valence-corrected chi connectivity index (χ1v) is 10.9. The van der Waals surface area contributed by atoms with Crippen molar-refractivity contribution in [1.29, 1.82) is 0 Å². The zero-order valence-corrected chi connectivity index (χ0v) is 17.4. The van der Waals surface area contributed by atoms with Crippen LogP contribution >= 0.6 is 11.6 Å². The van der Waals surface area contributed by atoms with Crippen molar-refractivity contribution in [2.45, 2.75) is 13.0 Å². The zero-order valence-electron chi connectivity index (χ0n) is 16.7. The van der Waals surface area contributed by atoms with Crippen LogP contribution in [0.15, 0.2) is 72.0 Å². The summed E-state index contributed by atoms with van der Waals surface area (Å²) in [5.41, 5.74) is 2.93. The number of rotatable bonds is 4. The van der Waals surface area contributed by atoms with Gasteiger partial charge in [0.05, 0.1) is 18.1 Å². The van der Waals surface area contributed by atoms with Crippen molar-refractivity contribution in [2.75, 3.05) is 0 Å². The Morgan fingerprint density at radius 3 is 2.39 bits per heavy atom. The third-order valence-corrected chi connectivity index (χ3v) is 7.25. The fraction of sp³-hybridized carbons (Fsp3) is 0.240. The summed E-state index contributed by atoms with van der Waals surface area (Å²) >= 11 is 6.36. The number of benzene rings is 2. The van der Waals surface area contributed by atoms with Crippen LogP contribution in [0.25, 0.3) is 10.9 Å². The summed E-state index contributed by atoms with van der Waals surface area (Å²) in [4.78, 5) is 25.8. The Morgan fingerprint density at radius 1 is 0.968 bits per heavy atom. The van der Waals surface area contributed by atoms with Crippen LogP contribution in [0.3, 0.4) is 0 Å². The molecule has 154 valence electrons. The highest BCUT2D eigenvalue weighted by molar-refractivity contribution is 6.31. The van der Waals surface area contributed by atoms with Gasteiger partial charge in [0.15, 0.2) is 0 Å². The molecular formula is C25H20ClN3O2. The molecular weight excluding hydrogens is 410 g/mol. The average Bonchev–Trinajstić information content (AvgIpc) is 3.53. The lowest BCUT2D eigenvalue weighted by Crippen LogP contribution is -2.28. The number of imide groups is 1. The molecule has 2 fully saturated rings. The van der Waals surface area contributed by atoms with Gasteiger partial charge in [-0.25, -0.2) is 0 Å². The molecule has 0 spiro atoms. The highest BCUT2D eigenvalue weighted by Gasteiger charge is 2.59. The van der Waals surface area contributed by atoms with Gasteiger partial charge in [-0.1, -0.05) is 60.2 Å². The minimum Gasteiger partial charge on any atom is -0.342 e. The van der Waals surface area contributed by atoms with Gasteiger partial charge in [-0.15, -0.1) is 0 Å². The smallest absolute Gasteiger partial charge is 0.254 e. The summed E-state index contributed by atoms with van der Waals surface area (Å²) in [5, 5.41) is 7.20. The number of hydrogen-bond donors (Lipinski definition) is 0. The lowest BCUT2D eigenvalue weighted by Gasteiger charge is -2.13. The summed E-state index contributed by atoms with van der Waals surface area (Å²) < 4.78 is 2.12. The summed E-state index contributed by atoms with van der Waals surface area (Å²) in [5.74, 6) is -0.429. The van der Waals surface area contributed by atoms with Crippen molar-refractivity contribution < 1.29 is 9.59 Å². The summed E-state index contributed by atoms with van der Waals surface area (Å²) in [6, 6.07) is 15.8. The van der Waals surface area contributed by atoms with Crippen LogP contribution < -0.4 is 0 Å². The number of para-hydroxylation sites is 1. The van der Waals surface area contributed by atoms with E-state index in [1.807, 2.05) is 54.7 Å². The molecule has 2 heterocycles. The van der Waals surface area contributed by atoms with E-state index in [-0.39, 0.29) is 35.5 Å². The second-order valence-corrected chi connectivity index (χ2v) is 8.96. The maximum atomic E-state index is 12.9. The second-order valence-electron chi connectivity index (χ2n) is 8.55. The molecule has 2 aromatic carbocycles. The third-order valence-electron chi connectivity index (χ3n) is 6.88. The molecule has 1 aliphatic heterocycles. The number of carbonyl (C=O) groups excluding carboxylic acids is 2. The minimum absolute atomic E-state index is 0.164. The lowest BCUT2D eigenvalue weighted by atomic mass is 9.85. The Morgan fingerprint density at radius 2 is 1.65 bits per heavy atom. The predicted octanol–water partition coefficient (Wildman–Crippen LogP) is 4.48. The number of fused-ring (bicyclic) bond motifs is 6. The SMILES string of the molecule is O=C1[C@@H]2[C@@H](C(=O)N1/N=C\c1cn(Cc3ccccc3Cl)c3ccccc13)[C@H]1C=C[C@H]2C1. The Hall–Kier alpha value is -3.18. The van der Waals surface area contributed by atoms with E-state index in [2.05, 4.69) is 21.8 Å². The molecule has 2 bridgehead atoms. The summed E-state index contributed by atoms with van der Waals surface area (Å²) in [6.45, 7) is 0.620. The molecule has 3 aliphatic rings. The molecule has 4 atom stereocenters. The largest absolute Gasteiger partial charge is 0.342 e. The number of aromatic nitrogens is 1. The highest BCUT2D eigenvalue weighted by atomic mass is 35.5. The van der Waals surface area contributed by atoms with Crippen LogP contribution in [0.4, 0.5) is 0 Å². The third kappa shape index (κ3) is 2.80. The van der Waals surface area contributed by atoms with Crippen molar-refractivity contribution in [1.82, 2.24) is 9.58 Å². The van der Waals surface area contributed by atoms with E-state index in [0.717, 1.165) is 38.5 Å². The van der Waals surface area contributed by atoms with Gasteiger partial charge in [-0.2, -0.15) is 10.1 Å². The van der Waals surface area contributed by atoms with Gasteiger partial charge in [0.1, 0.15) is 0 Å². The first-order chi connectivity index (χ1) is 15.1. The van der Waals surface area contributed by atoms with E-state index in [1.54, 1.807) is 6.21 Å². The number of carbonyl (C=O) groups is 2. The molecule has 2 aliphatic carbocycles. The van der Waals surface area contributed by atoms with Gasteiger partial charge in [-0.3, -0.25) is 9.59 Å². The van der Waals surface area contributed by atoms with E-state index in [4.69, 9.17) is 11.6 Å². The van der Waals surface area contributed by atoms with E-state index < -0.39 is 0 Å². The van der Waals surface area contributed by atoms with E-state index in [0.29, 0.717) is 6.54 Å². The number of hydrazone groups is 1. The van der Waals surface area contributed by atoms with Crippen molar-refractivity contribution >= 4 is 40.5 Å². The molecule has 1 saturated carbocycles. The quantitative estimate of drug-likeness (QED) is 0.348. The van der Waals surface area contributed by atoms with Crippen molar-refractivity contribution in [2.24, 2.45) is 28.8 Å². The maximum absolute atomic E-state index is 12.9. The number of allylic oxidation sites excluding steroid dienone is 2. The monoisotopic (exact) mass is 429 g/mol. The number of hydrogen-bond acceptors (Lipinski definition) is 3. The fourth-order valence-corrected chi connectivity index (χ4v) is 5.63. The maximum Gasteiger partial charge on any atom is 0.254 e. The Bertz CT molecular complexity index is 1260. The van der Waals surface area contributed by atoms with Crippen LogP contribution in [0.2, 0.25) is 5.02 Å². The second kappa shape index (κ2) is 6.92. The van der Waals surface area contributed by atoms with E-state index >= 15 is 0 Å². The first kappa shape index (κ1) is 18.6.